The standard InChI is InChI=1S/C16H29N3S/c1-15(2,3)13-5-7-16(11-17,8-6-13)19(4)9-14-10-20-12-18-14/h10,12-13H,5-9,11,17H2,1-4H3. The summed E-state index contributed by atoms with van der Waals surface area (Å²) < 4.78 is 0. The van der Waals surface area contributed by atoms with Crippen molar-refractivity contribution in [2.45, 2.75) is 58.5 Å². The van der Waals surface area contributed by atoms with Crippen LogP contribution in [0.2, 0.25) is 0 Å². The maximum atomic E-state index is 6.16. The number of hydrogen-bond acceptors (Lipinski definition) is 4. The van der Waals surface area contributed by atoms with Crippen molar-refractivity contribution in [1.82, 2.24) is 9.88 Å². The molecule has 20 heavy (non-hydrogen) atoms. The number of likely N-dealkylation sites (N-methyl/N-ethyl adjacent to an activating group) is 1. The summed E-state index contributed by atoms with van der Waals surface area (Å²) in [4.78, 5) is 6.85. The molecule has 0 bridgehead atoms. The Hall–Kier alpha value is -0.450. The molecule has 0 amide bonds. The minimum atomic E-state index is 0.172. The van der Waals surface area contributed by atoms with Crippen molar-refractivity contribution >= 4 is 11.3 Å². The van der Waals surface area contributed by atoms with Crippen molar-refractivity contribution < 1.29 is 0 Å². The minimum Gasteiger partial charge on any atom is -0.329 e. The fourth-order valence-corrected chi connectivity index (χ4v) is 4.04. The van der Waals surface area contributed by atoms with Gasteiger partial charge in [-0.2, -0.15) is 0 Å². The van der Waals surface area contributed by atoms with Gasteiger partial charge in [0.15, 0.2) is 0 Å². The number of rotatable bonds is 4. The molecule has 4 heteroatoms. The Morgan fingerprint density at radius 2 is 2.05 bits per heavy atom. The molecule has 3 nitrogen and oxygen atoms in total. The lowest BCUT2D eigenvalue weighted by molar-refractivity contribution is 0.0328. The first-order chi connectivity index (χ1) is 9.37. The van der Waals surface area contributed by atoms with Gasteiger partial charge in [-0.15, -0.1) is 11.3 Å². The first kappa shape index (κ1) is 15.9. The van der Waals surface area contributed by atoms with Crippen molar-refractivity contribution in [2.75, 3.05) is 13.6 Å². The Morgan fingerprint density at radius 3 is 2.50 bits per heavy atom. The molecule has 1 heterocycles. The van der Waals surface area contributed by atoms with Crippen LogP contribution >= 0.6 is 11.3 Å². The van der Waals surface area contributed by atoms with Crippen LogP contribution in [0.5, 0.6) is 0 Å². The zero-order valence-electron chi connectivity index (χ0n) is 13.4. The maximum absolute atomic E-state index is 6.16. The molecule has 1 aromatic rings. The average molecular weight is 295 g/mol. The highest BCUT2D eigenvalue weighted by Crippen LogP contribution is 2.43. The van der Waals surface area contributed by atoms with Crippen LogP contribution in [0.4, 0.5) is 0 Å². The van der Waals surface area contributed by atoms with Gasteiger partial charge in [-0.05, 0) is 44.1 Å². The summed E-state index contributed by atoms with van der Waals surface area (Å²) in [5.41, 5.74) is 9.84. The highest BCUT2D eigenvalue weighted by Gasteiger charge is 2.40. The molecule has 2 N–H and O–H groups in total. The van der Waals surface area contributed by atoms with E-state index in [1.165, 1.54) is 31.4 Å². The highest BCUT2D eigenvalue weighted by atomic mass is 32.1. The molecule has 1 fully saturated rings. The number of nitrogens with zero attached hydrogens (tertiary/aromatic N) is 2. The summed E-state index contributed by atoms with van der Waals surface area (Å²) in [6.45, 7) is 8.77. The summed E-state index contributed by atoms with van der Waals surface area (Å²) in [6.07, 6.45) is 5.02. The van der Waals surface area contributed by atoms with E-state index in [0.717, 1.165) is 19.0 Å². The summed E-state index contributed by atoms with van der Waals surface area (Å²) in [5, 5.41) is 2.14. The van der Waals surface area contributed by atoms with Gasteiger partial charge in [-0.25, -0.2) is 4.98 Å². The zero-order valence-corrected chi connectivity index (χ0v) is 14.2. The molecule has 0 aliphatic heterocycles. The van der Waals surface area contributed by atoms with Crippen molar-refractivity contribution in [3.63, 3.8) is 0 Å². The van der Waals surface area contributed by atoms with E-state index >= 15 is 0 Å². The third-order valence-corrected chi connectivity index (χ3v) is 5.85. The van der Waals surface area contributed by atoms with Crippen LogP contribution in [-0.2, 0) is 6.54 Å². The summed E-state index contributed by atoms with van der Waals surface area (Å²) in [7, 11) is 2.21. The second-order valence-corrected chi connectivity index (χ2v) is 8.12. The van der Waals surface area contributed by atoms with E-state index in [1.54, 1.807) is 11.3 Å². The first-order valence-electron chi connectivity index (χ1n) is 7.66. The van der Waals surface area contributed by atoms with Crippen molar-refractivity contribution in [2.24, 2.45) is 17.1 Å². The van der Waals surface area contributed by atoms with Crippen LogP contribution in [0.25, 0.3) is 0 Å². The predicted molar refractivity (Wildman–Crippen MR) is 86.8 cm³/mol. The largest absolute Gasteiger partial charge is 0.329 e. The van der Waals surface area contributed by atoms with Crippen LogP contribution in [0, 0.1) is 11.3 Å². The topological polar surface area (TPSA) is 42.2 Å². The molecule has 1 aliphatic carbocycles. The molecule has 0 atom stereocenters. The monoisotopic (exact) mass is 295 g/mol. The Bertz CT molecular complexity index is 400. The van der Waals surface area contributed by atoms with Gasteiger partial charge in [0.25, 0.3) is 0 Å². The highest BCUT2D eigenvalue weighted by molar-refractivity contribution is 7.07. The normalized spacial score (nSPS) is 28.0. The molecular formula is C16H29N3S. The SMILES string of the molecule is CN(Cc1cscn1)C1(CN)CCC(C(C)(C)C)CC1. The van der Waals surface area contributed by atoms with Crippen LogP contribution in [-0.4, -0.2) is 29.0 Å². The van der Waals surface area contributed by atoms with Crippen molar-refractivity contribution in [3.05, 3.63) is 16.6 Å². The van der Waals surface area contributed by atoms with E-state index in [4.69, 9.17) is 5.73 Å². The van der Waals surface area contributed by atoms with Crippen LogP contribution in [0.15, 0.2) is 10.9 Å². The van der Waals surface area contributed by atoms with E-state index in [1.807, 2.05) is 5.51 Å². The van der Waals surface area contributed by atoms with Gasteiger partial charge in [-0.3, -0.25) is 4.90 Å². The quantitative estimate of drug-likeness (QED) is 0.924. The lowest BCUT2D eigenvalue weighted by Gasteiger charge is -2.48. The van der Waals surface area contributed by atoms with Crippen LogP contribution < -0.4 is 5.73 Å². The van der Waals surface area contributed by atoms with Crippen LogP contribution in [0.1, 0.15) is 52.1 Å². The lowest BCUT2D eigenvalue weighted by atomic mass is 9.67. The smallest absolute Gasteiger partial charge is 0.0795 e. The van der Waals surface area contributed by atoms with E-state index in [2.05, 4.69) is 43.1 Å². The molecule has 114 valence electrons. The molecule has 0 saturated heterocycles. The molecule has 0 aromatic carbocycles. The predicted octanol–water partition coefficient (Wildman–Crippen LogP) is 3.51. The van der Waals surface area contributed by atoms with Gasteiger partial charge in [0.2, 0.25) is 0 Å². The maximum Gasteiger partial charge on any atom is 0.0795 e. The summed E-state index contributed by atoms with van der Waals surface area (Å²) >= 11 is 1.67. The number of aromatic nitrogens is 1. The van der Waals surface area contributed by atoms with E-state index < -0.39 is 0 Å². The van der Waals surface area contributed by atoms with E-state index in [9.17, 15) is 0 Å². The zero-order chi connectivity index (χ0) is 14.8. The first-order valence-corrected chi connectivity index (χ1v) is 8.60. The average Bonchev–Trinajstić information content (AvgIpc) is 2.90. The molecule has 1 aliphatic rings. The summed E-state index contributed by atoms with van der Waals surface area (Å²) in [5.74, 6) is 0.829. The molecule has 2 rings (SSSR count). The Morgan fingerprint density at radius 1 is 1.40 bits per heavy atom. The van der Waals surface area contributed by atoms with Gasteiger partial charge >= 0.3 is 0 Å². The van der Waals surface area contributed by atoms with Gasteiger partial charge < -0.3 is 5.73 Å². The fraction of sp³-hybridized carbons (Fsp3) is 0.812. The molecule has 1 aromatic heterocycles. The molecule has 0 spiro atoms. The molecule has 1 saturated carbocycles. The minimum absolute atomic E-state index is 0.172. The Balaban J connectivity index is 2.01. The van der Waals surface area contributed by atoms with E-state index in [-0.39, 0.29) is 5.54 Å². The fourth-order valence-electron chi connectivity index (χ4n) is 3.49. The summed E-state index contributed by atoms with van der Waals surface area (Å²) in [6, 6.07) is 0. The lowest BCUT2D eigenvalue weighted by Crippen LogP contribution is -2.54. The molecular weight excluding hydrogens is 266 g/mol. The third kappa shape index (κ3) is 3.41. The van der Waals surface area contributed by atoms with Gasteiger partial charge in [0, 0.05) is 24.0 Å². The van der Waals surface area contributed by atoms with Gasteiger partial charge in [-0.1, -0.05) is 20.8 Å². The number of nitrogens with two attached hydrogens (primary N) is 1. The molecule has 0 unspecified atom stereocenters. The Kier molecular flexibility index (Phi) is 4.88. The van der Waals surface area contributed by atoms with Gasteiger partial charge in [0.05, 0.1) is 11.2 Å². The van der Waals surface area contributed by atoms with Crippen molar-refractivity contribution in [1.29, 1.82) is 0 Å². The number of hydrogen-bond donors (Lipinski definition) is 1. The second-order valence-electron chi connectivity index (χ2n) is 7.40. The van der Waals surface area contributed by atoms with E-state index in [0.29, 0.717) is 5.41 Å². The van der Waals surface area contributed by atoms with Crippen LogP contribution in [0.3, 0.4) is 0 Å². The second kappa shape index (κ2) is 6.12. The molecule has 0 radical (unpaired) electrons. The van der Waals surface area contributed by atoms with Gasteiger partial charge in [0.1, 0.15) is 0 Å². The van der Waals surface area contributed by atoms with Crippen molar-refractivity contribution in [3.8, 4) is 0 Å². The third-order valence-electron chi connectivity index (χ3n) is 5.21. The Labute approximate surface area is 127 Å². The number of thiazole rings is 1.